The van der Waals surface area contributed by atoms with Crippen LogP contribution in [0.3, 0.4) is 0 Å². The molecule has 0 spiro atoms. The molecule has 1 amide bonds. The van der Waals surface area contributed by atoms with E-state index in [1.807, 2.05) is 19.1 Å². The molecule has 3 nitrogen and oxygen atoms in total. The van der Waals surface area contributed by atoms with Crippen molar-refractivity contribution < 1.29 is 13.9 Å². The second-order valence-electron chi connectivity index (χ2n) is 5.21. The van der Waals surface area contributed by atoms with E-state index in [1.165, 1.54) is 29.5 Å². The minimum atomic E-state index is -0.275. The zero-order chi connectivity index (χ0) is 16.7. The van der Waals surface area contributed by atoms with Gasteiger partial charge in [0.2, 0.25) is 5.91 Å². The van der Waals surface area contributed by atoms with Gasteiger partial charge in [-0.15, -0.1) is 11.8 Å². The average molecular weight is 333 g/mol. The first kappa shape index (κ1) is 17.3. The molecule has 2 rings (SSSR count). The Labute approximate surface area is 140 Å². The van der Waals surface area contributed by atoms with Gasteiger partial charge in [-0.2, -0.15) is 0 Å². The van der Waals surface area contributed by atoms with E-state index in [0.29, 0.717) is 12.3 Å². The number of hydrogen-bond donors (Lipinski definition) is 1. The van der Waals surface area contributed by atoms with Gasteiger partial charge in [0.1, 0.15) is 11.6 Å². The lowest BCUT2D eigenvalue weighted by atomic mass is 10.1. The quantitative estimate of drug-likeness (QED) is 0.840. The van der Waals surface area contributed by atoms with E-state index < -0.39 is 0 Å². The fourth-order valence-electron chi connectivity index (χ4n) is 2.13. The van der Waals surface area contributed by atoms with Crippen LogP contribution in [0.25, 0.3) is 0 Å². The predicted octanol–water partition coefficient (Wildman–Crippen LogP) is 3.69. The van der Waals surface area contributed by atoms with Crippen LogP contribution in [0, 0.1) is 12.7 Å². The Balaban J connectivity index is 1.76. The molecule has 2 aromatic carbocycles. The minimum absolute atomic E-state index is 0.0362. The lowest BCUT2D eigenvalue weighted by molar-refractivity contribution is -0.118. The first-order valence-corrected chi connectivity index (χ1v) is 8.46. The molecular weight excluding hydrogens is 313 g/mol. The van der Waals surface area contributed by atoms with Crippen LogP contribution >= 0.6 is 11.8 Å². The minimum Gasteiger partial charge on any atom is -0.496 e. The Hall–Kier alpha value is -2.01. The molecule has 0 aromatic heterocycles. The Morgan fingerprint density at radius 3 is 2.65 bits per heavy atom. The van der Waals surface area contributed by atoms with Crippen LogP contribution in [-0.4, -0.2) is 18.8 Å². The highest BCUT2D eigenvalue weighted by Gasteiger charge is 2.06. The number of carbonyl (C=O) groups excluding carboxylic acids is 1. The number of amides is 1. The van der Waals surface area contributed by atoms with Crippen molar-refractivity contribution in [3.8, 4) is 5.75 Å². The van der Waals surface area contributed by atoms with Gasteiger partial charge in [-0.1, -0.05) is 29.8 Å². The molecule has 0 bridgehead atoms. The normalized spacial score (nSPS) is 10.4. The Kier molecular flexibility index (Phi) is 6.47. The third-order valence-electron chi connectivity index (χ3n) is 3.33. The summed E-state index contributed by atoms with van der Waals surface area (Å²) < 4.78 is 18.1. The monoisotopic (exact) mass is 333 g/mol. The van der Waals surface area contributed by atoms with Crippen LogP contribution < -0.4 is 10.1 Å². The van der Waals surface area contributed by atoms with E-state index in [9.17, 15) is 9.18 Å². The molecule has 0 saturated heterocycles. The first-order chi connectivity index (χ1) is 11.1. The number of rotatable bonds is 7. The average Bonchev–Trinajstić information content (AvgIpc) is 2.54. The number of halogens is 1. The largest absolute Gasteiger partial charge is 0.496 e. The van der Waals surface area contributed by atoms with Crippen molar-refractivity contribution in [2.45, 2.75) is 19.2 Å². The second-order valence-corrected chi connectivity index (χ2v) is 6.20. The molecule has 1 N–H and O–H groups in total. The van der Waals surface area contributed by atoms with Crippen LogP contribution in [0.2, 0.25) is 0 Å². The van der Waals surface area contributed by atoms with Gasteiger partial charge in [-0.3, -0.25) is 4.79 Å². The van der Waals surface area contributed by atoms with E-state index in [2.05, 4.69) is 11.4 Å². The van der Waals surface area contributed by atoms with Crippen LogP contribution in [0.5, 0.6) is 5.75 Å². The van der Waals surface area contributed by atoms with Crippen molar-refractivity contribution in [3.63, 3.8) is 0 Å². The zero-order valence-electron chi connectivity index (χ0n) is 13.3. The summed E-state index contributed by atoms with van der Waals surface area (Å²) in [6.07, 6.45) is 0. The third-order valence-corrected chi connectivity index (χ3v) is 4.31. The van der Waals surface area contributed by atoms with Crippen LogP contribution in [0.15, 0.2) is 42.5 Å². The van der Waals surface area contributed by atoms with E-state index >= 15 is 0 Å². The fourth-order valence-corrected chi connectivity index (χ4v) is 2.96. The van der Waals surface area contributed by atoms with Gasteiger partial charge in [0.25, 0.3) is 0 Å². The second kappa shape index (κ2) is 8.58. The van der Waals surface area contributed by atoms with E-state index in [0.717, 1.165) is 22.6 Å². The topological polar surface area (TPSA) is 38.3 Å². The van der Waals surface area contributed by atoms with Crippen molar-refractivity contribution in [3.05, 3.63) is 65.0 Å². The number of hydrogen-bond acceptors (Lipinski definition) is 3. The summed E-state index contributed by atoms with van der Waals surface area (Å²) in [5, 5.41) is 2.83. The van der Waals surface area contributed by atoms with Crippen molar-refractivity contribution in [1.29, 1.82) is 0 Å². The van der Waals surface area contributed by atoms with Crippen molar-refractivity contribution in [2.24, 2.45) is 0 Å². The van der Waals surface area contributed by atoms with Gasteiger partial charge in [-0.05, 0) is 30.7 Å². The van der Waals surface area contributed by atoms with Crippen molar-refractivity contribution in [1.82, 2.24) is 5.32 Å². The van der Waals surface area contributed by atoms with Crippen molar-refractivity contribution in [2.75, 3.05) is 12.9 Å². The highest BCUT2D eigenvalue weighted by molar-refractivity contribution is 7.99. The molecule has 0 aliphatic carbocycles. The smallest absolute Gasteiger partial charge is 0.230 e. The SMILES string of the molecule is COc1ccc(C)cc1CSCC(=O)NCc1ccc(F)cc1. The first-order valence-electron chi connectivity index (χ1n) is 7.31. The molecule has 2 aromatic rings. The standard InChI is InChI=1S/C18H20FNO2S/c1-13-3-8-17(22-2)15(9-13)11-23-12-18(21)20-10-14-4-6-16(19)7-5-14/h3-9H,10-12H2,1-2H3,(H,20,21). The van der Waals surface area contributed by atoms with Crippen LogP contribution in [0.4, 0.5) is 4.39 Å². The lowest BCUT2D eigenvalue weighted by Crippen LogP contribution is -2.24. The number of methoxy groups -OCH3 is 1. The zero-order valence-corrected chi connectivity index (χ0v) is 14.1. The molecule has 5 heteroatoms. The number of benzene rings is 2. The van der Waals surface area contributed by atoms with E-state index in [1.54, 1.807) is 19.2 Å². The van der Waals surface area contributed by atoms with Crippen LogP contribution in [0.1, 0.15) is 16.7 Å². The van der Waals surface area contributed by atoms with Gasteiger partial charge >= 0.3 is 0 Å². The summed E-state index contributed by atoms with van der Waals surface area (Å²) in [4.78, 5) is 11.9. The summed E-state index contributed by atoms with van der Waals surface area (Å²) >= 11 is 1.54. The molecule has 23 heavy (non-hydrogen) atoms. The Bertz CT molecular complexity index is 659. The highest BCUT2D eigenvalue weighted by Crippen LogP contribution is 2.24. The highest BCUT2D eigenvalue weighted by atomic mass is 32.2. The summed E-state index contributed by atoms with van der Waals surface area (Å²) in [6, 6.07) is 12.1. The fraction of sp³-hybridized carbons (Fsp3) is 0.278. The predicted molar refractivity (Wildman–Crippen MR) is 92.1 cm³/mol. The molecule has 0 saturated carbocycles. The lowest BCUT2D eigenvalue weighted by Gasteiger charge is -2.09. The number of thioether (sulfide) groups is 1. The summed E-state index contributed by atoms with van der Waals surface area (Å²) in [5.74, 6) is 1.62. The molecule has 0 radical (unpaired) electrons. The Morgan fingerprint density at radius 2 is 1.96 bits per heavy atom. The number of carbonyl (C=O) groups is 1. The molecule has 0 aliphatic rings. The third kappa shape index (κ3) is 5.60. The van der Waals surface area contributed by atoms with E-state index in [4.69, 9.17) is 4.74 Å². The van der Waals surface area contributed by atoms with Gasteiger partial charge in [0.15, 0.2) is 0 Å². The molecule has 0 heterocycles. The van der Waals surface area contributed by atoms with Crippen LogP contribution in [-0.2, 0) is 17.1 Å². The molecule has 0 unspecified atom stereocenters. The van der Waals surface area contributed by atoms with E-state index in [-0.39, 0.29) is 11.7 Å². The number of ether oxygens (including phenoxy) is 1. The summed E-state index contributed by atoms with van der Waals surface area (Å²) in [7, 11) is 1.65. The number of nitrogens with one attached hydrogen (secondary N) is 1. The van der Waals surface area contributed by atoms with Gasteiger partial charge in [0, 0.05) is 17.9 Å². The Morgan fingerprint density at radius 1 is 1.22 bits per heavy atom. The molecule has 0 atom stereocenters. The van der Waals surface area contributed by atoms with Crippen molar-refractivity contribution >= 4 is 17.7 Å². The number of aryl methyl sites for hydroxylation is 1. The molecular formula is C18H20FNO2S. The molecule has 122 valence electrons. The van der Waals surface area contributed by atoms with Gasteiger partial charge < -0.3 is 10.1 Å². The summed E-state index contributed by atoms with van der Waals surface area (Å²) in [6.45, 7) is 2.44. The maximum atomic E-state index is 12.8. The molecule has 0 aliphatic heterocycles. The maximum Gasteiger partial charge on any atom is 0.230 e. The summed E-state index contributed by atoms with van der Waals surface area (Å²) in [5.41, 5.74) is 3.14. The maximum absolute atomic E-state index is 12.8. The molecule has 0 fully saturated rings. The van der Waals surface area contributed by atoms with Gasteiger partial charge in [-0.25, -0.2) is 4.39 Å². The van der Waals surface area contributed by atoms with Gasteiger partial charge in [0.05, 0.1) is 12.9 Å².